The minimum Gasteiger partial charge on any atom is -0.359 e. The molecule has 2 rings (SSSR count). The molecule has 122 valence electrons. The van der Waals surface area contributed by atoms with E-state index in [2.05, 4.69) is 10.6 Å². The second-order valence-corrected chi connectivity index (χ2v) is 5.83. The Bertz CT molecular complexity index is 784. The summed E-state index contributed by atoms with van der Waals surface area (Å²) in [5.41, 5.74) is 3.63. The summed E-state index contributed by atoms with van der Waals surface area (Å²) in [6.45, 7) is 4.23. The van der Waals surface area contributed by atoms with Crippen molar-refractivity contribution in [1.82, 2.24) is 5.32 Å². The average molecular weight is 340 g/mol. The molecule has 0 unspecified atom stereocenters. The van der Waals surface area contributed by atoms with Gasteiger partial charge in [0.25, 0.3) is 5.91 Å². The van der Waals surface area contributed by atoms with Crippen molar-refractivity contribution in [3.63, 3.8) is 0 Å². The van der Waals surface area contributed by atoms with Gasteiger partial charge in [-0.15, -0.1) is 0 Å². The zero-order chi connectivity index (χ0) is 17.5. The predicted octanol–water partition coefficient (Wildman–Crippen LogP) is 4.09. The molecule has 0 heterocycles. The Kier molecular flexibility index (Phi) is 6.00. The first-order valence-corrected chi connectivity index (χ1v) is 7.84. The van der Waals surface area contributed by atoms with Crippen LogP contribution in [0.3, 0.4) is 0 Å². The van der Waals surface area contributed by atoms with Gasteiger partial charge in [-0.3, -0.25) is 4.79 Å². The second kappa shape index (κ2) is 8.19. The number of nitrogens with zero attached hydrogens (tertiary/aromatic N) is 1. The summed E-state index contributed by atoms with van der Waals surface area (Å²) in [7, 11) is 0. The van der Waals surface area contributed by atoms with Crippen molar-refractivity contribution in [2.75, 3.05) is 5.32 Å². The molecule has 0 atom stereocenters. The minimum atomic E-state index is -0.435. The molecule has 24 heavy (non-hydrogen) atoms. The van der Waals surface area contributed by atoms with E-state index < -0.39 is 5.91 Å². The first-order valence-electron chi connectivity index (χ1n) is 7.47. The lowest BCUT2D eigenvalue weighted by atomic mass is 10.1. The number of carbonyl (C=O) groups excluding carboxylic acids is 1. The molecule has 0 saturated carbocycles. The summed E-state index contributed by atoms with van der Waals surface area (Å²) in [4.78, 5) is 12.1. The van der Waals surface area contributed by atoms with Crippen LogP contribution in [-0.2, 0) is 11.3 Å². The predicted molar refractivity (Wildman–Crippen MR) is 96.5 cm³/mol. The molecule has 2 N–H and O–H groups in total. The van der Waals surface area contributed by atoms with Crippen LogP contribution in [0, 0.1) is 25.2 Å². The maximum atomic E-state index is 12.1. The van der Waals surface area contributed by atoms with Gasteiger partial charge in [-0.1, -0.05) is 48.0 Å². The van der Waals surface area contributed by atoms with Crippen LogP contribution in [0.25, 0.3) is 0 Å². The Labute approximate surface area is 146 Å². The Hall–Kier alpha value is -2.77. The molecule has 0 spiro atoms. The zero-order valence-electron chi connectivity index (χ0n) is 13.6. The van der Waals surface area contributed by atoms with Gasteiger partial charge in [-0.05, 0) is 36.6 Å². The number of hydrogen-bond acceptors (Lipinski definition) is 3. The molecule has 4 nitrogen and oxygen atoms in total. The van der Waals surface area contributed by atoms with E-state index in [-0.39, 0.29) is 5.57 Å². The fraction of sp³-hybridized carbons (Fsp3) is 0.158. The molecule has 0 aliphatic rings. The number of rotatable bonds is 5. The van der Waals surface area contributed by atoms with E-state index in [9.17, 15) is 10.1 Å². The SMILES string of the molecule is Cc1cc(C)c(N/C=C(/C#N)C(=O)NCc2ccccc2)c(Cl)c1. The Morgan fingerprint density at radius 3 is 2.58 bits per heavy atom. The lowest BCUT2D eigenvalue weighted by Crippen LogP contribution is -2.24. The van der Waals surface area contributed by atoms with Crippen molar-refractivity contribution in [1.29, 1.82) is 5.26 Å². The molecule has 0 fully saturated rings. The standard InChI is InChI=1S/C19H18ClN3O/c1-13-8-14(2)18(17(20)9-13)22-12-16(10-21)19(24)23-11-15-6-4-3-5-7-15/h3-9,12,22H,11H2,1-2H3,(H,23,24)/b16-12-. The van der Waals surface area contributed by atoms with Gasteiger partial charge in [0, 0.05) is 12.7 Å². The first-order chi connectivity index (χ1) is 11.5. The minimum absolute atomic E-state index is 0.0121. The monoisotopic (exact) mass is 339 g/mol. The summed E-state index contributed by atoms with van der Waals surface area (Å²) in [5.74, 6) is -0.435. The van der Waals surface area contributed by atoms with Crippen molar-refractivity contribution >= 4 is 23.2 Å². The van der Waals surface area contributed by atoms with E-state index in [1.807, 2.05) is 62.4 Å². The van der Waals surface area contributed by atoms with Gasteiger partial charge in [0.2, 0.25) is 0 Å². The molecule has 0 saturated heterocycles. The van der Waals surface area contributed by atoms with E-state index in [1.54, 1.807) is 0 Å². The smallest absolute Gasteiger partial charge is 0.263 e. The Morgan fingerprint density at radius 2 is 1.96 bits per heavy atom. The van der Waals surface area contributed by atoms with Crippen molar-refractivity contribution < 1.29 is 4.79 Å². The van der Waals surface area contributed by atoms with Crippen LogP contribution in [0.1, 0.15) is 16.7 Å². The summed E-state index contributed by atoms with van der Waals surface area (Å²) >= 11 is 6.21. The van der Waals surface area contributed by atoms with Gasteiger partial charge in [0.15, 0.2) is 0 Å². The van der Waals surface area contributed by atoms with Crippen LogP contribution < -0.4 is 10.6 Å². The zero-order valence-corrected chi connectivity index (χ0v) is 14.3. The first kappa shape index (κ1) is 17.6. The molecule has 1 amide bonds. The Balaban J connectivity index is 2.07. The van der Waals surface area contributed by atoms with Crippen LogP contribution in [0.15, 0.2) is 54.2 Å². The van der Waals surface area contributed by atoms with Crippen molar-refractivity contribution in [2.24, 2.45) is 0 Å². The van der Waals surface area contributed by atoms with Gasteiger partial charge in [-0.2, -0.15) is 5.26 Å². The van der Waals surface area contributed by atoms with Gasteiger partial charge in [0.1, 0.15) is 11.6 Å². The van der Waals surface area contributed by atoms with Crippen LogP contribution in [-0.4, -0.2) is 5.91 Å². The van der Waals surface area contributed by atoms with Gasteiger partial charge < -0.3 is 10.6 Å². The molecule has 0 aromatic heterocycles. The van der Waals surface area contributed by atoms with Gasteiger partial charge in [0.05, 0.1) is 10.7 Å². The summed E-state index contributed by atoms with van der Waals surface area (Å²) in [6, 6.07) is 15.2. The van der Waals surface area contributed by atoms with Gasteiger partial charge >= 0.3 is 0 Å². The van der Waals surface area contributed by atoms with Crippen molar-refractivity contribution in [3.05, 3.63) is 76.0 Å². The molecule has 0 bridgehead atoms. The van der Waals surface area contributed by atoms with Crippen LogP contribution >= 0.6 is 11.6 Å². The molecule has 0 aliphatic carbocycles. The van der Waals surface area contributed by atoms with Crippen LogP contribution in [0.2, 0.25) is 5.02 Å². The number of hydrogen-bond donors (Lipinski definition) is 2. The number of anilines is 1. The number of halogens is 1. The highest BCUT2D eigenvalue weighted by molar-refractivity contribution is 6.33. The maximum Gasteiger partial charge on any atom is 0.263 e. The van der Waals surface area contributed by atoms with Crippen LogP contribution in [0.4, 0.5) is 5.69 Å². The van der Waals surface area contributed by atoms with E-state index in [0.717, 1.165) is 16.7 Å². The lowest BCUT2D eigenvalue weighted by molar-refractivity contribution is -0.117. The summed E-state index contributed by atoms with van der Waals surface area (Å²) < 4.78 is 0. The molecule has 0 radical (unpaired) electrons. The molecule has 5 heteroatoms. The van der Waals surface area contributed by atoms with Crippen LogP contribution in [0.5, 0.6) is 0 Å². The number of aryl methyl sites for hydroxylation is 2. The van der Waals surface area contributed by atoms with Crippen molar-refractivity contribution in [2.45, 2.75) is 20.4 Å². The van der Waals surface area contributed by atoms with E-state index in [0.29, 0.717) is 17.3 Å². The fourth-order valence-electron chi connectivity index (χ4n) is 2.26. The molecular weight excluding hydrogens is 322 g/mol. The topological polar surface area (TPSA) is 64.9 Å². The molecular formula is C19H18ClN3O. The molecule has 2 aromatic rings. The summed E-state index contributed by atoms with van der Waals surface area (Å²) in [5, 5.41) is 15.4. The second-order valence-electron chi connectivity index (χ2n) is 5.42. The fourth-order valence-corrected chi connectivity index (χ4v) is 2.64. The number of nitriles is 1. The highest BCUT2D eigenvalue weighted by Gasteiger charge is 2.10. The number of nitrogens with one attached hydrogen (secondary N) is 2. The third kappa shape index (κ3) is 4.61. The normalized spacial score (nSPS) is 10.8. The number of amides is 1. The third-order valence-corrected chi connectivity index (χ3v) is 3.75. The molecule has 2 aromatic carbocycles. The highest BCUT2D eigenvalue weighted by Crippen LogP contribution is 2.27. The molecule has 0 aliphatic heterocycles. The van der Waals surface area contributed by atoms with Crippen molar-refractivity contribution in [3.8, 4) is 6.07 Å². The number of benzene rings is 2. The highest BCUT2D eigenvalue weighted by atomic mass is 35.5. The third-order valence-electron chi connectivity index (χ3n) is 3.45. The quantitative estimate of drug-likeness (QED) is 0.637. The largest absolute Gasteiger partial charge is 0.359 e. The van der Waals surface area contributed by atoms with E-state index in [4.69, 9.17) is 11.6 Å². The lowest BCUT2D eigenvalue weighted by Gasteiger charge is -2.10. The Morgan fingerprint density at radius 1 is 1.25 bits per heavy atom. The number of carbonyl (C=O) groups is 1. The van der Waals surface area contributed by atoms with E-state index >= 15 is 0 Å². The summed E-state index contributed by atoms with van der Waals surface area (Å²) in [6.07, 6.45) is 1.38. The average Bonchev–Trinajstić information content (AvgIpc) is 2.56. The maximum absolute atomic E-state index is 12.1. The van der Waals surface area contributed by atoms with E-state index in [1.165, 1.54) is 6.20 Å². The van der Waals surface area contributed by atoms with Gasteiger partial charge in [-0.25, -0.2) is 0 Å².